The van der Waals surface area contributed by atoms with Crippen LogP contribution in [0.4, 0.5) is 18.0 Å². The van der Waals surface area contributed by atoms with Crippen LogP contribution in [0.25, 0.3) is 5.69 Å². The lowest BCUT2D eigenvalue weighted by molar-refractivity contribution is -0.137. The zero-order chi connectivity index (χ0) is 17.0. The van der Waals surface area contributed by atoms with E-state index in [0.717, 1.165) is 23.5 Å². The molecule has 0 bridgehead atoms. The van der Waals surface area contributed by atoms with Crippen molar-refractivity contribution in [2.45, 2.75) is 13.1 Å². The summed E-state index contributed by atoms with van der Waals surface area (Å²) < 4.78 is 44.4. The van der Waals surface area contributed by atoms with Crippen molar-refractivity contribution in [2.75, 3.05) is 6.61 Å². The molecule has 23 heavy (non-hydrogen) atoms. The van der Waals surface area contributed by atoms with Crippen molar-refractivity contribution in [1.29, 1.82) is 5.26 Å². The van der Waals surface area contributed by atoms with Gasteiger partial charge in [-0.25, -0.2) is 4.79 Å². The molecule has 0 fully saturated rings. The Hall–Kier alpha value is -2.60. The smallest absolute Gasteiger partial charge is 0.436 e. The number of thiazole rings is 1. The molecule has 1 aromatic heterocycles. The number of nitriles is 1. The van der Waals surface area contributed by atoms with E-state index in [-0.39, 0.29) is 22.0 Å². The van der Waals surface area contributed by atoms with Crippen molar-refractivity contribution in [2.24, 2.45) is 4.99 Å². The summed E-state index contributed by atoms with van der Waals surface area (Å²) in [5, 5.41) is 8.95. The molecular formula is C14H10F3N3O2S. The minimum Gasteiger partial charge on any atom is -0.448 e. The molecular weight excluding hydrogens is 331 g/mol. The molecule has 0 spiro atoms. The Morgan fingerprint density at radius 3 is 2.83 bits per heavy atom. The molecule has 2 aromatic rings. The number of rotatable bonds is 2. The number of carbonyl (C=O) groups is 1. The molecule has 0 saturated carbocycles. The summed E-state index contributed by atoms with van der Waals surface area (Å²) in [6.07, 6.45) is -4.05. The predicted octanol–water partition coefficient (Wildman–Crippen LogP) is 3.49. The Morgan fingerprint density at radius 2 is 2.22 bits per heavy atom. The topological polar surface area (TPSA) is 67.4 Å². The van der Waals surface area contributed by atoms with Gasteiger partial charge in [-0.3, -0.25) is 4.57 Å². The van der Waals surface area contributed by atoms with Crippen LogP contribution in [0.2, 0.25) is 0 Å². The van der Waals surface area contributed by atoms with Gasteiger partial charge in [0.1, 0.15) is 10.9 Å². The van der Waals surface area contributed by atoms with Gasteiger partial charge < -0.3 is 4.74 Å². The largest absolute Gasteiger partial charge is 0.448 e. The summed E-state index contributed by atoms with van der Waals surface area (Å²) >= 11 is 0.875. The maximum atomic E-state index is 12.8. The highest BCUT2D eigenvalue weighted by molar-refractivity contribution is 7.09. The average molecular weight is 341 g/mol. The van der Waals surface area contributed by atoms with Crippen molar-refractivity contribution >= 4 is 17.4 Å². The highest BCUT2D eigenvalue weighted by Crippen LogP contribution is 2.30. The van der Waals surface area contributed by atoms with E-state index in [0.29, 0.717) is 0 Å². The number of carbonyl (C=O) groups excluding carboxylic acids is 1. The summed E-state index contributed by atoms with van der Waals surface area (Å²) in [7, 11) is 0. The second-order valence-corrected chi connectivity index (χ2v) is 5.23. The highest BCUT2D eigenvalue weighted by Gasteiger charge is 2.30. The zero-order valence-electron chi connectivity index (χ0n) is 11.8. The molecule has 0 atom stereocenters. The van der Waals surface area contributed by atoms with Gasteiger partial charge in [-0.2, -0.15) is 18.4 Å². The molecule has 2 rings (SSSR count). The Balaban J connectivity index is 2.58. The van der Waals surface area contributed by atoms with Gasteiger partial charge in [0.25, 0.3) is 0 Å². The minimum atomic E-state index is -4.50. The van der Waals surface area contributed by atoms with E-state index >= 15 is 0 Å². The van der Waals surface area contributed by atoms with Crippen molar-refractivity contribution in [3.63, 3.8) is 0 Å². The minimum absolute atomic E-state index is 0.0549. The van der Waals surface area contributed by atoms with Crippen LogP contribution >= 0.6 is 11.3 Å². The number of halogens is 3. The number of amides is 1. The molecule has 0 radical (unpaired) electrons. The third-order valence-corrected chi connectivity index (χ3v) is 3.56. The number of ether oxygens (including phenoxy) is 1. The number of nitrogens with zero attached hydrogens (tertiary/aromatic N) is 3. The summed E-state index contributed by atoms with van der Waals surface area (Å²) in [6, 6.07) is 6.38. The summed E-state index contributed by atoms with van der Waals surface area (Å²) in [5.41, 5.74) is -0.699. The van der Waals surface area contributed by atoms with Gasteiger partial charge in [-0.1, -0.05) is 17.4 Å². The van der Waals surface area contributed by atoms with E-state index in [1.54, 1.807) is 6.92 Å². The average Bonchev–Trinajstić information content (AvgIpc) is 2.89. The Kier molecular flexibility index (Phi) is 4.86. The van der Waals surface area contributed by atoms with Gasteiger partial charge in [0.15, 0.2) is 0 Å². The summed E-state index contributed by atoms with van der Waals surface area (Å²) in [4.78, 5) is 15.4. The molecule has 0 aliphatic carbocycles. The first-order chi connectivity index (χ1) is 10.8. The maximum absolute atomic E-state index is 12.8. The van der Waals surface area contributed by atoms with Crippen molar-refractivity contribution in [3.05, 3.63) is 45.7 Å². The Morgan fingerprint density at radius 1 is 1.48 bits per heavy atom. The molecule has 0 unspecified atom stereocenters. The molecule has 0 aliphatic rings. The molecule has 1 amide bonds. The lowest BCUT2D eigenvalue weighted by atomic mass is 10.2. The van der Waals surface area contributed by atoms with Gasteiger partial charge >= 0.3 is 12.3 Å². The lowest BCUT2D eigenvalue weighted by Crippen LogP contribution is -2.16. The normalized spacial score (nSPS) is 12.0. The van der Waals surface area contributed by atoms with Crippen LogP contribution in [0.5, 0.6) is 0 Å². The summed E-state index contributed by atoms with van der Waals surface area (Å²) in [5.74, 6) is 0. The maximum Gasteiger partial charge on any atom is 0.436 e. The Labute approximate surface area is 132 Å². The van der Waals surface area contributed by atoms with E-state index < -0.39 is 17.8 Å². The first kappa shape index (κ1) is 16.8. The van der Waals surface area contributed by atoms with E-state index in [2.05, 4.69) is 9.73 Å². The third kappa shape index (κ3) is 3.98. The van der Waals surface area contributed by atoms with Gasteiger partial charge in [0.05, 0.1) is 12.2 Å². The van der Waals surface area contributed by atoms with Gasteiger partial charge in [-0.15, -0.1) is 4.99 Å². The van der Waals surface area contributed by atoms with E-state index in [4.69, 9.17) is 5.26 Å². The number of benzene rings is 1. The number of hydrogen-bond donors (Lipinski definition) is 0. The molecule has 9 heteroatoms. The fraction of sp³-hybridized carbons (Fsp3) is 0.214. The highest BCUT2D eigenvalue weighted by atomic mass is 32.1. The van der Waals surface area contributed by atoms with E-state index in [9.17, 15) is 18.0 Å². The predicted molar refractivity (Wildman–Crippen MR) is 75.9 cm³/mol. The standard InChI is InChI=1S/C14H10F3N3O2S/c1-2-22-13(21)19-12-20(8-11(7-18)23-12)10-5-3-4-9(6-10)14(15,16)17/h3-6,8H,2H2,1H3/b19-12+. The van der Waals surface area contributed by atoms with Crippen LogP contribution in [0, 0.1) is 11.3 Å². The van der Waals surface area contributed by atoms with Gasteiger partial charge in [0.2, 0.25) is 4.80 Å². The van der Waals surface area contributed by atoms with Crippen LogP contribution in [0.15, 0.2) is 35.5 Å². The second-order valence-electron chi connectivity index (χ2n) is 4.22. The van der Waals surface area contributed by atoms with Crippen molar-refractivity contribution in [1.82, 2.24) is 4.57 Å². The molecule has 0 N–H and O–H groups in total. The fourth-order valence-corrected chi connectivity index (χ4v) is 2.50. The van der Waals surface area contributed by atoms with Crippen LogP contribution < -0.4 is 4.80 Å². The Bertz CT molecular complexity index is 831. The molecule has 0 aliphatic heterocycles. The van der Waals surface area contributed by atoms with Gasteiger partial charge in [-0.05, 0) is 25.1 Å². The molecule has 1 aromatic carbocycles. The SMILES string of the molecule is CCOC(=O)/N=c1/sc(C#N)cn1-c1cccc(C(F)(F)F)c1. The van der Waals surface area contributed by atoms with Crippen LogP contribution in [0.1, 0.15) is 17.4 Å². The molecule has 5 nitrogen and oxygen atoms in total. The van der Waals surface area contributed by atoms with Gasteiger partial charge in [0, 0.05) is 11.9 Å². The zero-order valence-corrected chi connectivity index (χ0v) is 12.6. The molecule has 1 heterocycles. The number of hydrogen-bond acceptors (Lipinski definition) is 4. The lowest BCUT2D eigenvalue weighted by Gasteiger charge is -2.09. The molecule has 120 valence electrons. The number of alkyl halides is 3. The first-order valence-electron chi connectivity index (χ1n) is 6.37. The van der Waals surface area contributed by atoms with Crippen molar-refractivity contribution < 1.29 is 22.7 Å². The van der Waals surface area contributed by atoms with E-state index in [1.807, 2.05) is 6.07 Å². The quantitative estimate of drug-likeness (QED) is 0.840. The third-order valence-electron chi connectivity index (χ3n) is 2.67. The number of aromatic nitrogens is 1. The molecule has 0 saturated heterocycles. The van der Waals surface area contributed by atoms with Crippen LogP contribution in [-0.4, -0.2) is 17.3 Å². The monoisotopic (exact) mass is 341 g/mol. The van der Waals surface area contributed by atoms with Crippen molar-refractivity contribution in [3.8, 4) is 11.8 Å². The second kappa shape index (κ2) is 6.66. The van der Waals surface area contributed by atoms with E-state index in [1.165, 1.54) is 22.9 Å². The first-order valence-corrected chi connectivity index (χ1v) is 7.18. The fourth-order valence-electron chi connectivity index (χ4n) is 1.73. The van der Waals surface area contributed by atoms with Crippen LogP contribution in [-0.2, 0) is 10.9 Å². The van der Waals surface area contributed by atoms with Crippen LogP contribution in [0.3, 0.4) is 0 Å². The summed E-state index contributed by atoms with van der Waals surface area (Å²) in [6.45, 7) is 1.71.